The second-order valence-corrected chi connectivity index (χ2v) is 6.40. The van der Waals surface area contributed by atoms with Gasteiger partial charge in [0, 0.05) is 32.0 Å². The molecule has 0 aliphatic carbocycles. The zero-order valence-electron chi connectivity index (χ0n) is 14.0. The smallest absolute Gasteiger partial charge is 0.222 e. The molecule has 0 saturated heterocycles. The molecule has 0 bridgehead atoms. The molecule has 0 fully saturated rings. The number of rotatable bonds is 7. The molecule has 0 unspecified atom stereocenters. The monoisotopic (exact) mass is 316 g/mol. The molecule has 1 amide bonds. The molecule has 5 nitrogen and oxygen atoms in total. The number of hydrogen-bond acceptors (Lipinski definition) is 4. The van der Waals surface area contributed by atoms with Crippen LogP contribution in [0.1, 0.15) is 32.6 Å². The van der Waals surface area contributed by atoms with Crippen LogP contribution in [0.4, 0.5) is 0 Å². The molecule has 1 N–H and O–H groups in total. The summed E-state index contributed by atoms with van der Waals surface area (Å²) in [6.45, 7) is 3.70. The third-order valence-electron chi connectivity index (χ3n) is 3.44. The SMILES string of the molecule is CN(CC(C)(C)O)C(=O)CCCc1ncc(-c2ccccc2)o1. The van der Waals surface area contributed by atoms with Crippen LogP contribution in [0.5, 0.6) is 0 Å². The van der Waals surface area contributed by atoms with Crippen LogP contribution in [0.3, 0.4) is 0 Å². The van der Waals surface area contributed by atoms with Crippen LogP contribution in [-0.2, 0) is 11.2 Å². The second-order valence-electron chi connectivity index (χ2n) is 6.40. The quantitative estimate of drug-likeness (QED) is 0.853. The van der Waals surface area contributed by atoms with Crippen molar-refractivity contribution in [1.82, 2.24) is 9.88 Å². The first-order chi connectivity index (χ1) is 10.8. The summed E-state index contributed by atoms with van der Waals surface area (Å²) in [4.78, 5) is 17.8. The minimum Gasteiger partial charge on any atom is -0.441 e. The lowest BCUT2D eigenvalue weighted by atomic mass is 10.1. The largest absolute Gasteiger partial charge is 0.441 e. The van der Waals surface area contributed by atoms with Gasteiger partial charge in [0.1, 0.15) is 0 Å². The topological polar surface area (TPSA) is 66.6 Å². The van der Waals surface area contributed by atoms with Gasteiger partial charge in [-0.1, -0.05) is 30.3 Å². The van der Waals surface area contributed by atoms with E-state index in [2.05, 4.69) is 4.98 Å². The Balaban J connectivity index is 1.81. The van der Waals surface area contributed by atoms with Gasteiger partial charge in [0.2, 0.25) is 5.91 Å². The van der Waals surface area contributed by atoms with Crippen LogP contribution in [0, 0.1) is 0 Å². The van der Waals surface area contributed by atoms with Crippen molar-refractivity contribution in [2.45, 2.75) is 38.7 Å². The fourth-order valence-electron chi connectivity index (χ4n) is 2.41. The van der Waals surface area contributed by atoms with Gasteiger partial charge in [-0.25, -0.2) is 4.98 Å². The lowest BCUT2D eigenvalue weighted by Crippen LogP contribution is -2.39. The Morgan fingerprint density at radius 2 is 2.00 bits per heavy atom. The molecule has 1 aromatic carbocycles. The number of carbonyl (C=O) groups excluding carboxylic acids is 1. The number of likely N-dealkylation sites (N-methyl/N-ethyl adjacent to an activating group) is 1. The Labute approximate surface area is 137 Å². The molecule has 124 valence electrons. The lowest BCUT2D eigenvalue weighted by Gasteiger charge is -2.25. The molecule has 2 rings (SSSR count). The summed E-state index contributed by atoms with van der Waals surface area (Å²) < 4.78 is 5.72. The van der Waals surface area contributed by atoms with Crippen LogP contribution >= 0.6 is 0 Å². The maximum atomic E-state index is 12.0. The molecule has 0 aliphatic heterocycles. The molecule has 2 aromatic rings. The van der Waals surface area contributed by atoms with Crippen molar-refractivity contribution in [3.05, 3.63) is 42.4 Å². The molecule has 0 aliphatic rings. The summed E-state index contributed by atoms with van der Waals surface area (Å²) >= 11 is 0. The summed E-state index contributed by atoms with van der Waals surface area (Å²) in [6.07, 6.45) is 3.42. The van der Waals surface area contributed by atoms with Gasteiger partial charge in [-0.3, -0.25) is 4.79 Å². The number of hydrogen-bond donors (Lipinski definition) is 1. The highest BCUT2D eigenvalue weighted by atomic mass is 16.4. The zero-order chi connectivity index (χ0) is 16.9. The fraction of sp³-hybridized carbons (Fsp3) is 0.444. The number of aliphatic hydroxyl groups is 1. The van der Waals surface area contributed by atoms with Crippen LogP contribution in [-0.4, -0.2) is 40.1 Å². The highest BCUT2D eigenvalue weighted by Gasteiger charge is 2.19. The summed E-state index contributed by atoms with van der Waals surface area (Å²) in [6, 6.07) is 9.80. The predicted molar refractivity (Wildman–Crippen MR) is 88.8 cm³/mol. The van der Waals surface area contributed by atoms with Crippen LogP contribution in [0.25, 0.3) is 11.3 Å². The summed E-state index contributed by atoms with van der Waals surface area (Å²) in [7, 11) is 1.71. The highest BCUT2D eigenvalue weighted by Crippen LogP contribution is 2.20. The number of nitrogens with zero attached hydrogens (tertiary/aromatic N) is 2. The summed E-state index contributed by atoms with van der Waals surface area (Å²) in [5.41, 5.74) is 0.115. The molecule has 1 aromatic heterocycles. The van der Waals surface area contributed by atoms with Crippen molar-refractivity contribution >= 4 is 5.91 Å². The normalized spacial score (nSPS) is 11.5. The Morgan fingerprint density at radius 3 is 2.65 bits per heavy atom. The number of oxazole rings is 1. The van der Waals surface area contributed by atoms with Crippen molar-refractivity contribution in [3.63, 3.8) is 0 Å². The van der Waals surface area contributed by atoms with Gasteiger partial charge in [-0.15, -0.1) is 0 Å². The third-order valence-corrected chi connectivity index (χ3v) is 3.44. The fourth-order valence-corrected chi connectivity index (χ4v) is 2.41. The van der Waals surface area contributed by atoms with Gasteiger partial charge >= 0.3 is 0 Å². The van der Waals surface area contributed by atoms with Gasteiger partial charge in [0.15, 0.2) is 11.7 Å². The molecule has 23 heavy (non-hydrogen) atoms. The molecule has 0 atom stereocenters. The molecule has 0 saturated carbocycles. The number of aryl methyl sites for hydroxylation is 1. The van der Waals surface area contributed by atoms with Crippen molar-refractivity contribution in [2.24, 2.45) is 0 Å². The van der Waals surface area contributed by atoms with E-state index in [0.29, 0.717) is 31.7 Å². The average Bonchev–Trinajstić information content (AvgIpc) is 2.95. The Hall–Kier alpha value is -2.14. The number of carbonyl (C=O) groups is 1. The second kappa shape index (κ2) is 7.42. The molecule has 0 spiro atoms. The Bertz CT molecular complexity index is 629. The van der Waals surface area contributed by atoms with E-state index in [1.54, 1.807) is 32.0 Å². The van der Waals surface area contributed by atoms with Crippen molar-refractivity contribution in [2.75, 3.05) is 13.6 Å². The molecule has 0 radical (unpaired) electrons. The van der Waals surface area contributed by atoms with E-state index in [1.807, 2.05) is 30.3 Å². The van der Waals surface area contributed by atoms with Gasteiger partial charge < -0.3 is 14.4 Å². The minimum absolute atomic E-state index is 0.0157. The van der Waals surface area contributed by atoms with E-state index in [1.165, 1.54) is 0 Å². The van der Waals surface area contributed by atoms with E-state index in [-0.39, 0.29) is 5.91 Å². The first-order valence-corrected chi connectivity index (χ1v) is 7.81. The summed E-state index contributed by atoms with van der Waals surface area (Å²) in [5.74, 6) is 1.40. The van der Waals surface area contributed by atoms with Gasteiger partial charge in [0.25, 0.3) is 0 Å². The van der Waals surface area contributed by atoms with Crippen molar-refractivity contribution in [3.8, 4) is 11.3 Å². The van der Waals surface area contributed by atoms with E-state index < -0.39 is 5.60 Å². The van der Waals surface area contributed by atoms with Crippen LogP contribution < -0.4 is 0 Å². The number of aromatic nitrogens is 1. The number of benzene rings is 1. The summed E-state index contributed by atoms with van der Waals surface area (Å²) in [5, 5.41) is 9.73. The highest BCUT2D eigenvalue weighted by molar-refractivity contribution is 5.75. The van der Waals surface area contributed by atoms with Gasteiger partial charge in [0.05, 0.1) is 11.8 Å². The first kappa shape index (κ1) is 17.2. The first-order valence-electron chi connectivity index (χ1n) is 7.81. The maximum Gasteiger partial charge on any atom is 0.222 e. The Kier molecular flexibility index (Phi) is 5.55. The molecule has 5 heteroatoms. The molecular formula is C18H24N2O3. The molecule has 1 heterocycles. The molecular weight excluding hydrogens is 292 g/mol. The zero-order valence-corrected chi connectivity index (χ0v) is 14.0. The predicted octanol–water partition coefficient (Wildman–Crippen LogP) is 2.89. The van der Waals surface area contributed by atoms with E-state index in [0.717, 1.165) is 11.3 Å². The minimum atomic E-state index is -0.877. The van der Waals surface area contributed by atoms with E-state index in [9.17, 15) is 9.90 Å². The average molecular weight is 316 g/mol. The van der Waals surface area contributed by atoms with E-state index in [4.69, 9.17) is 4.42 Å². The maximum absolute atomic E-state index is 12.0. The van der Waals surface area contributed by atoms with Crippen LogP contribution in [0.15, 0.2) is 40.9 Å². The van der Waals surface area contributed by atoms with Crippen molar-refractivity contribution in [1.29, 1.82) is 0 Å². The van der Waals surface area contributed by atoms with Crippen molar-refractivity contribution < 1.29 is 14.3 Å². The van der Waals surface area contributed by atoms with E-state index >= 15 is 0 Å². The third kappa shape index (κ3) is 5.53. The lowest BCUT2D eigenvalue weighted by molar-refractivity contribution is -0.132. The number of amides is 1. The van der Waals surface area contributed by atoms with Gasteiger partial charge in [-0.05, 0) is 20.3 Å². The standard InChI is InChI=1S/C18H24N2O3/c1-18(2,22)13-20(3)17(21)11-7-10-16-19-12-15(23-16)14-8-5-4-6-9-14/h4-6,8-9,12,22H,7,10-11,13H2,1-3H3. The van der Waals surface area contributed by atoms with Crippen LogP contribution in [0.2, 0.25) is 0 Å². The Morgan fingerprint density at radius 1 is 1.30 bits per heavy atom. The van der Waals surface area contributed by atoms with Gasteiger partial charge in [-0.2, -0.15) is 0 Å².